The summed E-state index contributed by atoms with van der Waals surface area (Å²) in [6, 6.07) is 8.48. The molecule has 3 aromatic rings. The van der Waals surface area contributed by atoms with Crippen molar-refractivity contribution in [2.45, 2.75) is 6.92 Å². The number of hydrogen-bond donors (Lipinski definition) is 1. The Balaban J connectivity index is 2.46. The van der Waals surface area contributed by atoms with Crippen molar-refractivity contribution in [1.29, 1.82) is 0 Å². The van der Waals surface area contributed by atoms with Gasteiger partial charge in [0.05, 0.1) is 17.2 Å². The van der Waals surface area contributed by atoms with E-state index in [0.29, 0.717) is 10.9 Å². The van der Waals surface area contributed by atoms with E-state index >= 15 is 0 Å². The minimum Gasteiger partial charge on any atom is -0.448 e. The van der Waals surface area contributed by atoms with Gasteiger partial charge in [-0.1, -0.05) is 6.07 Å². The molecular formula is C13H10N2O3. The lowest BCUT2D eigenvalue weighted by Gasteiger charge is -2.03. The molecule has 3 rings (SSSR count). The molecule has 2 aromatic heterocycles. The summed E-state index contributed by atoms with van der Waals surface area (Å²) in [5.41, 5.74) is 0.623. The number of H-pyrrole nitrogens is 1. The lowest BCUT2D eigenvalue weighted by molar-refractivity contribution is 0.528. The van der Waals surface area contributed by atoms with Crippen LogP contribution < -0.4 is 11.2 Å². The van der Waals surface area contributed by atoms with E-state index in [0.717, 1.165) is 10.1 Å². The second-order valence-corrected chi connectivity index (χ2v) is 4.07. The first-order valence-corrected chi connectivity index (χ1v) is 5.46. The molecule has 5 nitrogen and oxygen atoms in total. The number of hydrogen-bond acceptors (Lipinski definition) is 3. The number of nitrogens with zero attached hydrogens (tertiary/aromatic N) is 1. The molecule has 0 unspecified atom stereocenters. The molecule has 0 bridgehead atoms. The number of aromatic amines is 1. The van der Waals surface area contributed by atoms with Crippen LogP contribution in [0.5, 0.6) is 0 Å². The fraction of sp³-hybridized carbons (Fsp3) is 0.0769. The van der Waals surface area contributed by atoms with Crippen molar-refractivity contribution in [3.63, 3.8) is 0 Å². The van der Waals surface area contributed by atoms with Gasteiger partial charge in [-0.3, -0.25) is 4.79 Å². The Morgan fingerprint density at radius 3 is 2.78 bits per heavy atom. The summed E-state index contributed by atoms with van der Waals surface area (Å²) in [6.07, 6.45) is 1.42. The second-order valence-electron chi connectivity index (χ2n) is 4.07. The monoisotopic (exact) mass is 242 g/mol. The third kappa shape index (κ3) is 1.48. The van der Waals surface area contributed by atoms with Crippen LogP contribution >= 0.6 is 0 Å². The number of fused-ring (bicyclic) bond motifs is 1. The zero-order valence-corrected chi connectivity index (χ0v) is 9.64. The quantitative estimate of drug-likeness (QED) is 0.704. The van der Waals surface area contributed by atoms with Gasteiger partial charge in [0.1, 0.15) is 0 Å². The Morgan fingerprint density at radius 2 is 2.06 bits per heavy atom. The SMILES string of the molecule is Cc1ccc2c(=O)n(-c3ccco3)c(=O)[nH]c2c1. The van der Waals surface area contributed by atoms with Gasteiger partial charge in [-0.05, 0) is 30.7 Å². The van der Waals surface area contributed by atoms with E-state index in [1.54, 1.807) is 24.3 Å². The van der Waals surface area contributed by atoms with Crippen molar-refractivity contribution in [2.24, 2.45) is 0 Å². The Morgan fingerprint density at radius 1 is 1.22 bits per heavy atom. The minimum absolute atomic E-state index is 0.212. The number of nitrogens with one attached hydrogen (secondary N) is 1. The van der Waals surface area contributed by atoms with Crippen LogP contribution in [0.4, 0.5) is 0 Å². The molecule has 0 amide bonds. The van der Waals surface area contributed by atoms with Crippen molar-refractivity contribution in [3.05, 3.63) is 63.0 Å². The van der Waals surface area contributed by atoms with Gasteiger partial charge in [0.25, 0.3) is 5.56 Å². The average molecular weight is 242 g/mol. The van der Waals surface area contributed by atoms with E-state index in [9.17, 15) is 9.59 Å². The molecule has 0 saturated heterocycles. The predicted molar refractivity (Wildman–Crippen MR) is 67.2 cm³/mol. The Kier molecular flexibility index (Phi) is 2.19. The molecule has 18 heavy (non-hydrogen) atoms. The summed E-state index contributed by atoms with van der Waals surface area (Å²) >= 11 is 0. The van der Waals surface area contributed by atoms with Gasteiger partial charge in [0.2, 0.25) is 5.88 Å². The zero-order chi connectivity index (χ0) is 12.7. The molecule has 2 heterocycles. The summed E-state index contributed by atoms with van der Waals surface area (Å²) in [7, 11) is 0. The van der Waals surface area contributed by atoms with E-state index in [1.165, 1.54) is 6.26 Å². The van der Waals surface area contributed by atoms with Gasteiger partial charge < -0.3 is 9.40 Å². The molecule has 0 atom stereocenters. The molecule has 0 saturated carbocycles. The van der Waals surface area contributed by atoms with Gasteiger partial charge in [-0.2, -0.15) is 4.57 Å². The Labute approximate surface area is 101 Å². The van der Waals surface area contributed by atoms with E-state index in [2.05, 4.69) is 4.98 Å². The molecule has 0 aliphatic carbocycles. The Hall–Kier alpha value is -2.56. The van der Waals surface area contributed by atoms with Crippen LogP contribution in [0.3, 0.4) is 0 Å². The molecule has 0 spiro atoms. The van der Waals surface area contributed by atoms with E-state index in [4.69, 9.17) is 4.42 Å². The predicted octanol–water partition coefficient (Wildman–Crippen LogP) is 1.58. The van der Waals surface area contributed by atoms with Crippen molar-refractivity contribution in [2.75, 3.05) is 0 Å². The van der Waals surface area contributed by atoms with Crippen LogP contribution in [0.2, 0.25) is 0 Å². The summed E-state index contributed by atoms with van der Waals surface area (Å²) in [5.74, 6) is 0.212. The first-order chi connectivity index (χ1) is 8.66. The number of aryl methyl sites for hydroxylation is 1. The highest BCUT2D eigenvalue weighted by atomic mass is 16.3. The van der Waals surface area contributed by atoms with Gasteiger partial charge in [0.15, 0.2) is 0 Å². The van der Waals surface area contributed by atoms with Crippen LogP contribution in [0.25, 0.3) is 16.8 Å². The topological polar surface area (TPSA) is 68.0 Å². The fourth-order valence-electron chi connectivity index (χ4n) is 1.93. The van der Waals surface area contributed by atoms with Crippen LogP contribution in [0, 0.1) is 6.92 Å². The molecule has 5 heteroatoms. The molecule has 0 aliphatic rings. The number of aromatic nitrogens is 2. The number of benzene rings is 1. The summed E-state index contributed by atoms with van der Waals surface area (Å²) in [6.45, 7) is 1.90. The van der Waals surface area contributed by atoms with Crippen molar-refractivity contribution in [3.8, 4) is 5.88 Å². The molecular weight excluding hydrogens is 232 g/mol. The number of furan rings is 1. The van der Waals surface area contributed by atoms with Gasteiger partial charge >= 0.3 is 5.69 Å². The van der Waals surface area contributed by atoms with Gasteiger partial charge in [-0.15, -0.1) is 0 Å². The normalized spacial score (nSPS) is 10.9. The Bertz CT molecular complexity index is 826. The highest BCUT2D eigenvalue weighted by Gasteiger charge is 2.10. The third-order valence-corrected chi connectivity index (χ3v) is 2.78. The fourth-order valence-corrected chi connectivity index (χ4v) is 1.93. The van der Waals surface area contributed by atoms with E-state index in [-0.39, 0.29) is 11.4 Å². The summed E-state index contributed by atoms with van der Waals surface area (Å²) in [5, 5.41) is 0.455. The smallest absolute Gasteiger partial charge is 0.335 e. The first-order valence-electron chi connectivity index (χ1n) is 5.46. The molecule has 0 aliphatic heterocycles. The van der Waals surface area contributed by atoms with Crippen molar-refractivity contribution in [1.82, 2.24) is 9.55 Å². The highest BCUT2D eigenvalue weighted by Crippen LogP contribution is 2.09. The summed E-state index contributed by atoms with van der Waals surface area (Å²) in [4.78, 5) is 26.8. The number of rotatable bonds is 1. The largest absolute Gasteiger partial charge is 0.448 e. The molecule has 0 radical (unpaired) electrons. The molecule has 0 fully saturated rings. The third-order valence-electron chi connectivity index (χ3n) is 2.78. The van der Waals surface area contributed by atoms with Crippen molar-refractivity contribution < 1.29 is 4.42 Å². The minimum atomic E-state index is -0.506. The second kappa shape index (κ2) is 3.73. The molecule has 1 N–H and O–H groups in total. The van der Waals surface area contributed by atoms with Gasteiger partial charge in [-0.25, -0.2) is 4.79 Å². The summed E-state index contributed by atoms with van der Waals surface area (Å²) < 4.78 is 6.08. The van der Waals surface area contributed by atoms with Gasteiger partial charge in [0, 0.05) is 6.07 Å². The highest BCUT2D eigenvalue weighted by molar-refractivity contribution is 5.78. The van der Waals surface area contributed by atoms with E-state index < -0.39 is 5.69 Å². The maximum Gasteiger partial charge on any atom is 0.335 e. The van der Waals surface area contributed by atoms with Crippen LogP contribution in [0.15, 0.2) is 50.6 Å². The first kappa shape index (κ1) is 10.6. The standard InChI is InChI=1S/C13H10N2O3/c1-8-4-5-9-10(7-8)14-13(17)15(12(9)16)11-3-2-6-18-11/h2-7H,1H3,(H,14,17). The average Bonchev–Trinajstić information content (AvgIpc) is 2.82. The van der Waals surface area contributed by atoms with Crippen molar-refractivity contribution >= 4 is 10.9 Å². The molecule has 90 valence electrons. The van der Waals surface area contributed by atoms with Crippen LogP contribution in [0.1, 0.15) is 5.56 Å². The lowest BCUT2D eigenvalue weighted by atomic mass is 10.2. The molecule has 1 aromatic carbocycles. The van der Waals surface area contributed by atoms with E-state index in [1.807, 2.05) is 13.0 Å². The van der Waals surface area contributed by atoms with Crippen LogP contribution in [-0.4, -0.2) is 9.55 Å². The van der Waals surface area contributed by atoms with Crippen LogP contribution in [-0.2, 0) is 0 Å². The maximum absolute atomic E-state index is 12.2. The zero-order valence-electron chi connectivity index (χ0n) is 9.64. The maximum atomic E-state index is 12.2. The lowest BCUT2D eigenvalue weighted by Crippen LogP contribution is -2.33.